The summed E-state index contributed by atoms with van der Waals surface area (Å²) in [6.07, 6.45) is 1.00. The van der Waals surface area contributed by atoms with Crippen molar-refractivity contribution in [3.63, 3.8) is 0 Å². The quantitative estimate of drug-likeness (QED) is 0.787. The van der Waals surface area contributed by atoms with E-state index in [-0.39, 0.29) is 12.4 Å². The van der Waals surface area contributed by atoms with Crippen LogP contribution in [0.1, 0.15) is 26.7 Å². The molecule has 0 saturated carbocycles. The van der Waals surface area contributed by atoms with Crippen molar-refractivity contribution in [2.24, 2.45) is 0 Å². The molecule has 96 valence electrons. The van der Waals surface area contributed by atoms with Crippen LogP contribution >= 0.6 is 0 Å². The lowest BCUT2D eigenvalue weighted by molar-refractivity contribution is 0.201. The van der Waals surface area contributed by atoms with E-state index in [2.05, 4.69) is 10.3 Å². The Hall–Kier alpha value is -1.30. The number of pyridine rings is 1. The van der Waals surface area contributed by atoms with Gasteiger partial charge in [0, 0.05) is 6.07 Å². The zero-order chi connectivity index (χ0) is 13.1. The average Bonchev–Trinajstić information content (AvgIpc) is 2.33. The fourth-order valence-corrected chi connectivity index (χ4v) is 1.47. The Morgan fingerprint density at radius 2 is 1.82 bits per heavy atom. The second-order valence-electron chi connectivity index (χ2n) is 3.86. The van der Waals surface area contributed by atoms with Crippen molar-refractivity contribution < 1.29 is 18.3 Å². The van der Waals surface area contributed by atoms with E-state index in [1.165, 1.54) is 0 Å². The predicted molar refractivity (Wildman–Crippen MR) is 58.1 cm³/mol. The third-order valence-corrected chi connectivity index (χ3v) is 2.93. The largest absolute Gasteiger partial charge is 0.394 e. The van der Waals surface area contributed by atoms with Crippen molar-refractivity contribution in [1.82, 2.24) is 4.98 Å². The van der Waals surface area contributed by atoms with Crippen molar-refractivity contribution in [2.75, 3.05) is 11.9 Å². The Bertz CT molecular complexity index is 386. The molecule has 0 aliphatic rings. The predicted octanol–water partition coefficient (Wildman–Crippen LogP) is 2.46. The lowest BCUT2D eigenvalue weighted by Crippen LogP contribution is -2.41. The van der Waals surface area contributed by atoms with Crippen molar-refractivity contribution in [1.29, 1.82) is 0 Å². The van der Waals surface area contributed by atoms with Gasteiger partial charge in [-0.25, -0.2) is 8.78 Å². The zero-order valence-corrected chi connectivity index (χ0v) is 9.73. The van der Waals surface area contributed by atoms with Crippen LogP contribution in [0.4, 0.5) is 19.0 Å². The monoisotopic (exact) mass is 248 g/mol. The van der Waals surface area contributed by atoms with Crippen molar-refractivity contribution >= 4 is 5.82 Å². The summed E-state index contributed by atoms with van der Waals surface area (Å²) in [6, 6.07) is 0.429. The molecule has 0 saturated heterocycles. The number of hydrogen-bond acceptors (Lipinski definition) is 3. The van der Waals surface area contributed by atoms with Crippen LogP contribution in [0.25, 0.3) is 0 Å². The molecule has 0 aliphatic carbocycles. The summed E-state index contributed by atoms with van der Waals surface area (Å²) in [5.41, 5.74) is -0.780. The summed E-state index contributed by atoms with van der Waals surface area (Å²) in [7, 11) is 0. The van der Waals surface area contributed by atoms with Gasteiger partial charge in [-0.3, -0.25) is 0 Å². The summed E-state index contributed by atoms with van der Waals surface area (Å²) in [4.78, 5) is 3.16. The van der Waals surface area contributed by atoms with Crippen molar-refractivity contribution in [2.45, 2.75) is 32.2 Å². The van der Waals surface area contributed by atoms with Crippen LogP contribution in [0.2, 0.25) is 0 Å². The van der Waals surface area contributed by atoms with Crippen LogP contribution in [0.3, 0.4) is 0 Å². The van der Waals surface area contributed by atoms with Gasteiger partial charge >= 0.3 is 0 Å². The standard InChI is InChI=1S/C11H15F3N2O/c1-3-11(4-2,6-17)16-10-8(13)5-7(12)9(14)15-10/h5,17H,3-4,6H2,1-2H3,(H,15,16). The first kappa shape index (κ1) is 13.8. The molecule has 2 N–H and O–H groups in total. The van der Waals surface area contributed by atoms with Gasteiger partial charge in [-0.2, -0.15) is 9.37 Å². The number of rotatable bonds is 5. The highest BCUT2D eigenvalue weighted by Crippen LogP contribution is 2.23. The van der Waals surface area contributed by atoms with Gasteiger partial charge in [0.15, 0.2) is 17.5 Å². The fraction of sp³-hybridized carbons (Fsp3) is 0.545. The molecule has 0 amide bonds. The van der Waals surface area contributed by atoms with E-state index in [1.807, 2.05) is 0 Å². The van der Waals surface area contributed by atoms with E-state index in [0.29, 0.717) is 18.9 Å². The van der Waals surface area contributed by atoms with Crippen LogP contribution < -0.4 is 5.32 Å². The van der Waals surface area contributed by atoms with Gasteiger partial charge in [-0.15, -0.1) is 0 Å². The van der Waals surface area contributed by atoms with E-state index >= 15 is 0 Å². The molecule has 17 heavy (non-hydrogen) atoms. The minimum Gasteiger partial charge on any atom is -0.394 e. The number of aromatic nitrogens is 1. The molecule has 1 rings (SSSR count). The van der Waals surface area contributed by atoms with E-state index in [9.17, 15) is 18.3 Å². The summed E-state index contributed by atoms with van der Waals surface area (Å²) < 4.78 is 38.9. The molecular weight excluding hydrogens is 233 g/mol. The molecule has 6 heteroatoms. The molecule has 0 spiro atoms. The molecule has 0 fully saturated rings. The summed E-state index contributed by atoms with van der Waals surface area (Å²) >= 11 is 0. The lowest BCUT2D eigenvalue weighted by atomic mass is 9.94. The highest BCUT2D eigenvalue weighted by molar-refractivity contribution is 5.39. The van der Waals surface area contributed by atoms with Gasteiger partial charge < -0.3 is 10.4 Å². The molecule has 0 aromatic carbocycles. The Kier molecular flexibility index (Phi) is 4.34. The molecule has 0 aliphatic heterocycles. The van der Waals surface area contributed by atoms with Crippen LogP contribution in [-0.2, 0) is 0 Å². The molecule has 0 atom stereocenters. The Morgan fingerprint density at radius 1 is 1.24 bits per heavy atom. The summed E-state index contributed by atoms with van der Waals surface area (Å²) in [5, 5.41) is 11.9. The number of nitrogens with one attached hydrogen (secondary N) is 1. The molecule has 0 bridgehead atoms. The first-order valence-corrected chi connectivity index (χ1v) is 5.38. The summed E-state index contributed by atoms with van der Waals surface area (Å²) in [5.74, 6) is -4.08. The molecule has 0 radical (unpaired) electrons. The maximum Gasteiger partial charge on any atom is 0.251 e. The first-order valence-electron chi connectivity index (χ1n) is 5.38. The minimum absolute atomic E-state index is 0.250. The van der Waals surface area contributed by atoms with Gasteiger partial charge in [0.05, 0.1) is 12.1 Å². The van der Waals surface area contributed by atoms with Gasteiger partial charge in [0.1, 0.15) is 0 Å². The van der Waals surface area contributed by atoms with Gasteiger partial charge in [0.2, 0.25) is 0 Å². The number of hydrogen-bond donors (Lipinski definition) is 2. The van der Waals surface area contributed by atoms with Gasteiger partial charge in [-0.1, -0.05) is 13.8 Å². The minimum atomic E-state index is -1.37. The number of aliphatic hydroxyl groups excluding tert-OH is 1. The molecule has 1 heterocycles. The smallest absolute Gasteiger partial charge is 0.251 e. The second kappa shape index (κ2) is 5.35. The zero-order valence-electron chi connectivity index (χ0n) is 9.73. The van der Waals surface area contributed by atoms with Gasteiger partial charge in [-0.05, 0) is 12.8 Å². The fourth-order valence-electron chi connectivity index (χ4n) is 1.47. The van der Waals surface area contributed by atoms with Crippen molar-refractivity contribution in [3.05, 3.63) is 23.6 Å². The third kappa shape index (κ3) is 2.88. The Balaban J connectivity index is 3.05. The van der Waals surface area contributed by atoms with E-state index in [1.54, 1.807) is 13.8 Å². The average molecular weight is 248 g/mol. The number of halogens is 3. The number of aliphatic hydroxyl groups is 1. The third-order valence-electron chi connectivity index (χ3n) is 2.93. The maximum absolute atomic E-state index is 13.4. The van der Waals surface area contributed by atoms with Gasteiger partial charge in [0.25, 0.3) is 5.95 Å². The normalized spacial score (nSPS) is 11.6. The molecule has 1 aromatic rings. The highest BCUT2D eigenvalue weighted by atomic mass is 19.2. The van der Waals surface area contributed by atoms with Crippen LogP contribution in [-0.4, -0.2) is 22.2 Å². The van der Waals surface area contributed by atoms with Crippen LogP contribution in [0, 0.1) is 17.6 Å². The van der Waals surface area contributed by atoms with Crippen LogP contribution in [0.5, 0.6) is 0 Å². The lowest BCUT2D eigenvalue weighted by Gasteiger charge is -2.31. The summed E-state index contributed by atoms with van der Waals surface area (Å²) in [6.45, 7) is 3.34. The molecule has 0 unspecified atom stereocenters. The Morgan fingerprint density at radius 3 is 2.29 bits per heavy atom. The Labute approximate surface area is 97.7 Å². The molecular formula is C11H15F3N2O. The second-order valence-corrected chi connectivity index (χ2v) is 3.86. The van der Waals surface area contributed by atoms with E-state index in [4.69, 9.17) is 0 Å². The van der Waals surface area contributed by atoms with Crippen LogP contribution in [0.15, 0.2) is 6.07 Å². The van der Waals surface area contributed by atoms with E-state index < -0.39 is 23.1 Å². The topological polar surface area (TPSA) is 45.1 Å². The highest BCUT2D eigenvalue weighted by Gasteiger charge is 2.27. The molecule has 1 aromatic heterocycles. The number of nitrogens with zero attached hydrogens (tertiary/aromatic N) is 1. The van der Waals surface area contributed by atoms with E-state index in [0.717, 1.165) is 0 Å². The number of anilines is 1. The SMILES string of the molecule is CCC(CC)(CO)Nc1nc(F)c(F)cc1F. The van der Waals surface area contributed by atoms with Crippen molar-refractivity contribution in [3.8, 4) is 0 Å². The maximum atomic E-state index is 13.4. The first-order chi connectivity index (χ1) is 7.98. The molecule has 3 nitrogen and oxygen atoms in total.